The summed E-state index contributed by atoms with van der Waals surface area (Å²) in [6, 6.07) is 9.82. The number of aromatic nitrogens is 2. The van der Waals surface area contributed by atoms with Crippen molar-refractivity contribution in [3.05, 3.63) is 59.4 Å². The van der Waals surface area contributed by atoms with E-state index >= 15 is 0 Å². The number of nitrogens with one attached hydrogen (secondary N) is 1. The molecule has 25 heavy (non-hydrogen) atoms. The first-order valence-electron chi connectivity index (χ1n) is 8.81. The smallest absolute Gasteiger partial charge is 0.244 e. The molecule has 2 heterocycles. The number of benzene rings is 1. The molecule has 5 heteroatoms. The Kier molecular flexibility index (Phi) is 5.77. The zero-order chi connectivity index (χ0) is 17.5. The number of amides is 1. The largest absolute Gasteiger partial charge is 0.347 e. The van der Waals surface area contributed by atoms with Crippen LogP contribution in [0.5, 0.6) is 0 Å². The molecule has 1 saturated heterocycles. The van der Waals surface area contributed by atoms with Gasteiger partial charge in [0.15, 0.2) is 0 Å². The molecule has 0 saturated carbocycles. The predicted octanol–water partition coefficient (Wildman–Crippen LogP) is 3.10. The maximum absolute atomic E-state index is 12.0. The lowest BCUT2D eigenvalue weighted by molar-refractivity contribution is -0.116. The van der Waals surface area contributed by atoms with Crippen molar-refractivity contribution >= 4 is 17.9 Å². The Hall–Kier alpha value is -2.69. The zero-order valence-electron chi connectivity index (χ0n) is 14.6. The summed E-state index contributed by atoms with van der Waals surface area (Å²) in [5.41, 5.74) is 3.02. The molecule has 3 rings (SSSR count). The highest BCUT2D eigenvalue weighted by Crippen LogP contribution is 2.15. The van der Waals surface area contributed by atoms with Gasteiger partial charge in [-0.15, -0.1) is 0 Å². The first-order valence-corrected chi connectivity index (χ1v) is 8.81. The number of aryl methyl sites for hydroxylation is 1. The third-order valence-corrected chi connectivity index (χ3v) is 4.39. The van der Waals surface area contributed by atoms with Crippen LogP contribution < -0.4 is 10.2 Å². The van der Waals surface area contributed by atoms with Gasteiger partial charge in [0.05, 0.1) is 12.2 Å². The summed E-state index contributed by atoms with van der Waals surface area (Å²) < 4.78 is 0. The lowest BCUT2D eigenvalue weighted by Crippen LogP contribution is -2.31. The van der Waals surface area contributed by atoms with Gasteiger partial charge in [0.25, 0.3) is 0 Å². The molecule has 1 aromatic heterocycles. The molecule has 0 spiro atoms. The van der Waals surface area contributed by atoms with Crippen molar-refractivity contribution in [3.8, 4) is 0 Å². The van der Waals surface area contributed by atoms with Crippen molar-refractivity contribution in [1.82, 2.24) is 15.3 Å². The van der Waals surface area contributed by atoms with E-state index in [4.69, 9.17) is 0 Å². The van der Waals surface area contributed by atoms with E-state index in [0.717, 1.165) is 35.9 Å². The topological polar surface area (TPSA) is 58.1 Å². The number of anilines is 1. The second-order valence-electron chi connectivity index (χ2n) is 6.30. The molecule has 0 aliphatic carbocycles. The summed E-state index contributed by atoms with van der Waals surface area (Å²) in [4.78, 5) is 23.2. The van der Waals surface area contributed by atoms with Gasteiger partial charge >= 0.3 is 0 Å². The minimum atomic E-state index is -0.124. The Balaban J connectivity index is 1.56. The summed E-state index contributed by atoms with van der Waals surface area (Å²) in [6.45, 7) is 4.45. The standard InChI is InChI=1S/C20H24N4O/c1-16-7-3-4-8-17(16)9-10-19(25)22-15-18-11-12-21-20(23-18)24-13-5-2-6-14-24/h3-4,7-12H,2,5-6,13-15H2,1H3,(H,22,25)/b10-9+. The van der Waals surface area contributed by atoms with Gasteiger partial charge in [-0.3, -0.25) is 4.79 Å². The summed E-state index contributed by atoms with van der Waals surface area (Å²) in [5, 5.41) is 2.88. The maximum atomic E-state index is 12.0. The van der Waals surface area contributed by atoms with Crippen LogP contribution in [-0.4, -0.2) is 29.0 Å². The van der Waals surface area contributed by atoms with Crippen LogP contribution in [0.2, 0.25) is 0 Å². The molecule has 0 unspecified atom stereocenters. The van der Waals surface area contributed by atoms with Crippen LogP contribution in [0.15, 0.2) is 42.6 Å². The molecule has 1 aromatic carbocycles. The first-order chi connectivity index (χ1) is 12.2. The van der Waals surface area contributed by atoms with E-state index in [9.17, 15) is 4.79 Å². The third-order valence-electron chi connectivity index (χ3n) is 4.39. The number of nitrogens with zero attached hydrogens (tertiary/aromatic N) is 3. The van der Waals surface area contributed by atoms with E-state index in [-0.39, 0.29) is 5.91 Å². The molecule has 1 N–H and O–H groups in total. The van der Waals surface area contributed by atoms with Crippen LogP contribution in [0, 0.1) is 6.92 Å². The van der Waals surface area contributed by atoms with Gasteiger partial charge in [-0.05, 0) is 49.5 Å². The highest BCUT2D eigenvalue weighted by Gasteiger charge is 2.13. The van der Waals surface area contributed by atoms with Gasteiger partial charge in [0.2, 0.25) is 11.9 Å². The fraction of sp³-hybridized carbons (Fsp3) is 0.350. The Bertz CT molecular complexity index is 751. The van der Waals surface area contributed by atoms with E-state index < -0.39 is 0 Å². The number of hydrogen-bond acceptors (Lipinski definition) is 4. The fourth-order valence-corrected chi connectivity index (χ4v) is 2.91. The van der Waals surface area contributed by atoms with Gasteiger partial charge in [0.1, 0.15) is 0 Å². The average Bonchev–Trinajstić information content (AvgIpc) is 2.67. The van der Waals surface area contributed by atoms with E-state index in [1.165, 1.54) is 19.3 Å². The molecule has 0 bridgehead atoms. The molecule has 0 radical (unpaired) electrons. The quantitative estimate of drug-likeness (QED) is 0.853. The minimum absolute atomic E-state index is 0.124. The average molecular weight is 336 g/mol. The van der Waals surface area contributed by atoms with E-state index in [2.05, 4.69) is 20.2 Å². The summed E-state index contributed by atoms with van der Waals surface area (Å²) in [5.74, 6) is 0.642. The third kappa shape index (κ3) is 4.89. The van der Waals surface area contributed by atoms with Crippen molar-refractivity contribution in [2.75, 3.05) is 18.0 Å². The van der Waals surface area contributed by atoms with Crippen molar-refractivity contribution in [2.45, 2.75) is 32.7 Å². The highest BCUT2D eigenvalue weighted by molar-refractivity contribution is 5.91. The molecular weight excluding hydrogens is 312 g/mol. The number of carbonyl (C=O) groups is 1. The second-order valence-corrected chi connectivity index (χ2v) is 6.30. The normalized spacial score (nSPS) is 14.7. The van der Waals surface area contributed by atoms with E-state index in [1.807, 2.05) is 43.3 Å². The molecule has 5 nitrogen and oxygen atoms in total. The van der Waals surface area contributed by atoms with Crippen molar-refractivity contribution in [3.63, 3.8) is 0 Å². The molecule has 1 aliphatic heterocycles. The Morgan fingerprint density at radius 2 is 2.00 bits per heavy atom. The van der Waals surface area contributed by atoms with Crippen LogP contribution in [0.4, 0.5) is 5.95 Å². The fourth-order valence-electron chi connectivity index (χ4n) is 2.91. The van der Waals surface area contributed by atoms with Crippen LogP contribution in [0.25, 0.3) is 6.08 Å². The van der Waals surface area contributed by atoms with Gasteiger partial charge in [-0.1, -0.05) is 24.3 Å². The lowest BCUT2D eigenvalue weighted by atomic mass is 10.1. The van der Waals surface area contributed by atoms with Crippen molar-refractivity contribution in [2.24, 2.45) is 0 Å². The summed E-state index contributed by atoms with van der Waals surface area (Å²) in [6.07, 6.45) is 8.82. The monoisotopic (exact) mass is 336 g/mol. The minimum Gasteiger partial charge on any atom is -0.347 e. The summed E-state index contributed by atoms with van der Waals surface area (Å²) >= 11 is 0. The molecule has 1 fully saturated rings. The lowest BCUT2D eigenvalue weighted by Gasteiger charge is -2.26. The molecule has 1 aliphatic rings. The number of hydrogen-bond donors (Lipinski definition) is 1. The van der Waals surface area contributed by atoms with Gasteiger partial charge < -0.3 is 10.2 Å². The highest BCUT2D eigenvalue weighted by atomic mass is 16.1. The van der Waals surface area contributed by atoms with E-state index in [0.29, 0.717) is 6.54 Å². The maximum Gasteiger partial charge on any atom is 0.244 e. The van der Waals surface area contributed by atoms with Crippen molar-refractivity contribution < 1.29 is 4.79 Å². The first kappa shape index (κ1) is 17.1. The Labute approximate surface area is 148 Å². The number of piperidine rings is 1. The SMILES string of the molecule is Cc1ccccc1/C=C/C(=O)NCc1ccnc(N2CCCCC2)n1. The zero-order valence-corrected chi connectivity index (χ0v) is 14.6. The predicted molar refractivity (Wildman–Crippen MR) is 100 cm³/mol. The molecule has 2 aromatic rings. The van der Waals surface area contributed by atoms with Crippen LogP contribution in [0.3, 0.4) is 0 Å². The molecule has 130 valence electrons. The Morgan fingerprint density at radius 1 is 1.20 bits per heavy atom. The number of carbonyl (C=O) groups excluding carboxylic acids is 1. The Morgan fingerprint density at radius 3 is 2.80 bits per heavy atom. The number of rotatable bonds is 5. The van der Waals surface area contributed by atoms with Gasteiger partial charge in [0, 0.05) is 25.4 Å². The van der Waals surface area contributed by atoms with Gasteiger partial charge in [-0.25, -0.2) is 9.97 Å². The molecule has 0 atom stereocenters. The van der Waals surface area contributed by atoms with Crippen LogP contribution in [-0.2, 0) is 11.3 Å². The summed E-state index contributed by atoms with van der Waals surface area (Å²) in [7, 11) is 0. The molecular formula is C20H24N4O. The van der Waals surface area contributed by atoms with Crippen LogP contribution in [0.1, 0.15) is 36.1 Å². The van der Waals surface area contributed by atoms with Crippen LogP contribution >= 0.6 is 0 Å². The second kappa shape index (κ2) is 8.42. The van der Waals surface area contributed by atoms with E-state index in [1.54, 1.807) is 12.3 Å². The van der Waals surface area contributed by atoms with Crippen molar-refractivity contribution in [1.29, 1.82) is 0 Å². The van der Waals surface area contributed by atoms with Gasteiger partial charge in [-0.2, -0.15) is 0 Å². The molecule has 1 amide bonds.